The van der Waals surface area contributed by atoms with E-state index in [4.69, 9.17) is 0 Å². The van der Waals surface area contributed by atoms with Crippen LogP contribution >= 0.6 is 0 Å². The van der Waals surface area contributed by atoms with Crippen LogP contribution in [0.5, 0.6) is 0 Å². The topological polar surface area (TPSA) is 58.2 Å². The Hall–Kier alpha value is -1.84. The van der Waals surface area contributed by atoms with Crippen LogP contribution in [0.15, 0.2) is 30.3 Å². The lowest BCUT2D eigenvalue weighted by Gasteiger charge is -2.10. The number of hydrogen-bond acceptors (Lipinski definition) is 2. The minimum atomic E-state index is -0.318. The van der Waals surface area contributed by atoms with Crippen LogP contribution in [-0.2, 0) is 16.0 Å². The summed E-state index contributed by atoms with van der Waals surface area (Å²) in [7, 11) is 0. The number of amides is 2. The molecule has 4 nitrogen and oxygen atoms in total. The van der Waals surface area contributed by atoms with Crippen LogP contribution < -0.4 is 10.6 Å². The van der Waals surface area contributed by atoms with E-state index in [2.05, 4.69) is 22.8 Å². The van der Waals surface area contributed by atoms with Crippen LogP contribution in [0.1, 0.15) is 31.2 Å². The van der Waals surface area contributed by atoms with Crippen molar-refractivity contribution in [2.75, 3.05) is 6.54 Å². The van der Waals surface area contributed by atoms with Gasteiger partial charge in [-0.05, 0) is 31.2 Å². The van der Waals surface area contributed by atoms with Crippen LogP contribution in [-0.4, -0.2) is 24.4 Å². The zero-order valence-electron chi connectivity index (χ0n) is 11.0. The van der Waals surface area contributed by atoms with Gasteiger partial charge >= 0.3 is 0 Å². The maximum Gasteiger partial charge on any atom is 0.242 e. The molecule has 1 aliphatic heterocycles. The van der Waals surface area contributed by atoms with Crippen molar-refractivity contribution < 1.29 is 9.59 Å². The predicted octanol–water partition coefficient (Wildman–Crippen LogP) is 1.40. The summed E-state index contributed by atoms with van der Waals surface area (Å²) < 4.78 is 0. The van der Waals surface area contributed by atoms with Crippen molar-refractivity contribution in [2.45, 2.75) is 38.1 Å². The number of carbonyl (C=O) groups excluding carboxylic acids is 2. The Balaban J connectivity index is 1.57. The molecule has 0 bridgehead atoms. The van der Waals surface area contributed by atoms with Gasteiger partial charge in [0.2, 0.25) is 11.8 Å². The fraction of sp³-hybridized carbons (Fsp3) is 0.467. The van der Waals surface area contributed by atoms with Gasteiger partial charge in [0.15, 0.2) is 0 Å². The summed E-state index contributed by atoms with van der Waals surface area (Å²) in [5.74, 6) is -0.0743. The van der Waals surface area contributed by atoms with Gasteiger partial charge in [-0.25, -0.2) is 0 Å². The molecule has 0 spiro atoms. The number of nitrogens with one attached hydrogen (secondary N) is 2. The van der Waals surface area contributed by atoms with Crippen molar-refractivity contribution >= 4 is 11.8 Å². The van der Waals surface area contributed by atoms with Crippen molar-refractivity contribution in [2.24, 2.45) is 0 Å². The Morgan fingerprint density at radius 1 is 1.26 bits per heavy atom. The molecule has 0 aliphatic carbocycles. The van der Waals surface area contributed by atoms with Crippen molar-refractivity contribution in [3.05, 3.63) is 35.9 Å². The van der Waals surface area contributed by atoms with Crippen molar-refractivity contribution in [1.82, 2.24) is 10.6 Å². The fourth-order valence-electron chi connectivity index (χ4n) is 2.24. The summed E-state index contributed by atoms with van der Waals surface area (Å²) in [6, 6.07) is 10.0. The monoisotopic (exact) mass is 260 g/mol. The third-order valence-corrected chi connectivity index (χ3v) is 3.35. The molecule has 19 heavy (non-hydrogen) atoms. The fourth-order valence-corrected chi connectivity index (χ4v) is 2.24. The highest BCUT2D eigenvalue weighted by atomic mass is 16.2. The lowest BCUT2D eigenvalue weighted by atomic mass is 10.1. The van der Waals surface area contributed by atoms with E-state index >= 15 is 0 Å². The second-order valence-electron chi connectivity index (χ2n) is 4.89. The smallest absolute Gasteiger partial charge is 0.242 e. The molecule has 1 unspecified atom stereocenters. The average Bonchev–Trinajstić information content (AvgIpc) is 2.86. The van der Waals surface area contributed by atoms with Crippen LogP contribution in [0.2, 0.25) is 0 Å². The predicted molar refractivity (Wildman–Crippen MR) is 73.6 cm³/mol. The van der Waals surface area contributed by atoms with E-state index in [1.807, 2.05) is 18.2 Å². The first kappa shape index (κ1) is 13.6. The summed E-state index contributed by atoms with van der Waals surface area (Å²) in [5.41, 5.74) is 1.33. The zero-order valence-corrected chi connectivity index (χ0v) is 11.0. The van der Waals surface area contributed by atoms with Gasteiger partial charge in [-0.2, -0.15) is 0 Å². The Morgan fingerprint density at radius 3 is 2.74 bits per heavy atom. The molecule has 2 amide bonds. The third kappa shape index (κ3) is 4.39. The zero-order chi connectivity index (χ0) is 13.5. The molecule has 0 saturated carbocycles. The molecule has 1 fully saturated rings. The standard InChI is InChI=1S/C15H20N2O2/c18-14-10-9-13(17-14)15(19)16-11-5-4-8-12-6-2-1-3-7-12/h1-3,6-7,13H,4-5,8-11H2,(H,16,19)(H,17,18). The van der Waals surface area contributed by atoms with Crippen molar-refractivity contribution in [1.29, 1.82) is 0 Å². The molecule has 1 aromatic rings. The van der Waals surface area contributed by atoms with E-state index in [0.29, 0.717) is 19.4 Å². The molecule has 4 heteroatoms. The SMILES string of the molecule is O=C1CCC(C(=O)NCCCCc2ccccc2)N1. The molecule has 0 aromatic heterocycles. The quantitative estimate of drug-likeness (QED) is 0.760. The number of carbonyl (C=O) groups is 2. The van der Waals surface area contributed by atoms with E-state index in [1.54, 1.807) is 0 Å². The molecule has 1 aromatic carbocycles. The van der Waals surface area contributed by atoms with E-state index in [9.17, 15) is 9.59 Å². The van der Waals surface area contributed by atoms with Gasteiger partial charge in [0, 0.05) is 13.0 Å². The normalized spacial score (nSPS) is 18.1. The number of benzene rings is 1. The Kier molecular flexibility index (Phi) is 4.95. The molecule has 102 valence electrons. The first-order chi connectivity index (χ1) is 9.25. The van der Waals surface area contributed by atoms with Crippen LogP contribution in [0, 0.1) is 0 Å². The van der Waals surface area contributed by atoms with Crippen LogP contribution in [0.4, 0.5) is 0 Å². The van der Waals surface area contributed by atoms with Gasteiger partial charge in [-0.15, -0.1) is 0 Å². The molecule has 2 rings (SSSR count). The second kappa shape index (κ2) is 6.92. The van der Waals surface area contributed by atoms with Gasteiger partial charge in [-0.1, -0.05) is 30.3 Å². The molecule has 1 saturated heterocycles. The Bertz CT molecular complexity index is 431. The number of unbranched alkanes of at least 4 members (excludes halogenated alkanes) is 1. The van der Waals surface area contributed by atoms with E-state index in [1.165, 1.54) is 5.56 Å². The van der Waals surface area contributed by atoms with Gasteiger partial charge in [0.25, 0.3) is 0 Å². The summed E-state index contributed by atoms with van der Waals surface area (Å²) in [6.45, 7) is 0.679. The largest absolute Gasteiger partial charge is 0.354 e. The maximum absolute atomic E-state index is 11.7. The summed E-state index contributed by atoms with van der Waals surface area (Å²) in [4.78, 5) is 22.7. The number of rotatable bonds is 6. The molecular weight excluding hydrogens is 240 g/mol. The highest BCUT2D eigenvalue weighted by Gasteiger charge is 2.26. The highest BCUT2D eigenvalue weighted by Crippen LogP contribution is 2.07. The van der Waals surface area contributed by atoms with Gasteiger partial charge in [0.05, 0.1) is 0 Å². The van der Waals surface area contributed by atoms with E-state index in [-0.39, 0.29) is 17.9 Å². The Labute approximate surface area is 113 Å². The summed E-state index contributed by atoms with van der Waals surface area (Å²) in [5, 5.41) is 5.55. The third-order valence-electron chi connectivity index (χ3n) is 3.35. The van der Waals surface area contributed by atoms with Gasteiger partial charge < -0.3 is 10.6 Å². The van der Waals surface area contributed by atoms with Crippen molar-refractivity contribution in [3.8, 4) is 0 Å². The van der Waals surface area contributed by atoms with Gasteiger partial charge in [0.1, 0.15) is 6.04 Å². The Morgan fingerprint density at radius 2 is 2.05 bits per heavy atom. The summed E-state index contributed by atoms with van der Waals surface area (Å²) in [6.07, 6.45) is 4.14. The van der Waals surface area contributed by atoms with Gasteiger partial charge in [-0.3, -0.25) is 9.59 Å². The van der Waals surface area contributed by atoms with Crippen molar-refractivity contribution in [3.63, 3.8) is 0 Å². The first-order valence-corrected chi connectivity index (χ1v) is 6.87. The van der Waals surface area contributed by atoms with Crippen LogP contribution in [0.25, 0.3) is 0 Å². The van der Waals surface area contributed by atoms with Crippen LogP contribution in [0.3, 0.4) is 0 Å². The highest BCUT2D eigenvalue weighted by molar-refractivity contribution is 5.90. The lowest BCUT2D eigenvalue weighted by molar-refractivity contribution is -0.125. The average molecular weight is 260 g/mol. The second-order valence-corrected chi connectivity index (χ2v) is 4.89. The van der Waals surface area contributed by atoms with E-state index in [0.717, 1.165) is 19.3 Å². The first-order valence-electron chi connectivity index (χ1n) is 6.87. The minimum absolute atomic E-state index is 0.0239. The number of aryl methyl sites for hydroxylation is 1. The molecule has 2 N–H and O–H groups in total. The lowest BCUT2D eigenvalue weighted by Crippen LogP contribution is -2.41. The summed E-state index contributed by atoms with van der Waals surface area (Å²) >= 11 is 0. The number of hydrogen-bond donors (Lipinski definition) is 2. The molecule has 1 heterocycles. The molecular formula is C15H20N2O2. The molecule has 1 aliphatic rings. The molecule has 1 atom stereocenters. The van der Waals surface area contributed by atoms with E-state index < -0.39 is 0 Å². The maximum atomic E-state index is 11.7. The molecule has 0 radical (unpaired) electrons. The minimum Gasteiger partial charge on any atom is -0.354 e.